The number of fused-ring (bicyclic) bond motifs is 3. The molecule has 0 saturated carbocycles. The Morgan fingerprint density at radius 3 is 2.15 bits per heavy atom. The Kier molecular flexibility index (Phi) is 5.38. The van der Waals surface area contributed by atoms with E-state index >= 15 is 0 Å². The zero-order valence-corrected chi connectivity index (χ0v) is 16.1. The quantitative estimate of drug-likeness (QED) is 0.299. The molecule has 3 aromatic rings. The van der Waals surface area contributed by atoms with E-state index in [0.29, 0.717) is 0 Å². The third-order valence-corrected chi connectivity index (χ3v) is 5.69. The predicted molar refractivity (Wildman–Crippen MR) is 113 cm³/mol. The zero-order valence-electron chi connectivity index (χ0n) is 16.1. The van der Waals surface area contributed by atoms with Gasteiger partial charge in [-0.3, -0.25) is 0 Å². The van der Waals surface area contributed by atoms with E-state index in [-0.39, 0.29) is 5.82 Å². The summed E-state index contributed by atoms with van der Waals surface area (Å²) >= 11 is 0. The molecule has 4 rings (SSSR count). The summed E-state index contributed by atoms with van der Waals surface area (Å²) in [7, 11) is 0. The molecular formula is C26H27F. The minimum Gasteiger partial charge on any atom is -0.207 e. The average molecular weight is 359 g/mol. The first-order valence-electron chi connectivity index (χ1n) is 10.3. The lowest BCUT2D eigenvalue weighted by atomic mass is 9.98. The maximum Gasteiger partial charge on any atom is 0.123 e. The molecule has 0 aromatic heterocycles. The molecule has 138 valence electrons. The molecule has 0 N–H and O–H groups in total. The van der Waals surface area contributed by atoms with Gasteiger partial charge in [0.2, 0.25) is 0 Å². The first kappa shape index (κ1) is 18.0. The van der Waals surface area contributed by atoms with Gasteiger partial charge in [0.25, 0.3) is 0 Å². The van der Waals surface area contributed by atoms with Gasteiger partial charge < -0.3 is 0 Å². The summed E-state index contributed by atoms with van der Waals surface area (Å²) in [4.78, 5) is 0. The summed E-state index contributed by atoms with van der Waals surface area (Å²) in [6.07, 6.45) is 8.84. The van der Waals surface area contributed by atoms with Gasteiger partial charge in [0.15, 0.2) is 0 Å². The minimum atomic E-state index is -0.186. The third-order valence-electron chi connectivity index (χ3n) is 5.69. The van der Waals surface area contributed by atoms with E-state index in [1.807, 2.05) is 12.1 Å². The largest absolute Gasteiger partial charge is 0.207 e. The van der Waals surface area contributed by atoms with Crippen LogP contribution in [0.15, 0.2) is 60.7 Å². The van der Waals surface area contributed by atoms with Crippen LogP contribution in [0.2, 0.25) is 0 Å². The van der Waals surface area contributed by atoms with E-state index in [1.54, 1.807) is 0 Å². The molecule has 0 nitrogen and oxygen atoms in total. The number of unbranched alkanes of at least 4 members (excludes halogenated alkanes) is 4. The highest BCUT2D eigenvalue weighted by Crippen LogP contribution is 2.39. The molecule has 0 heterocycles. The summed E-state index contributed by atoms with van der Waals surface area (Å²) in [5.41, 5.74) is 9.27. The van der Waals surface area contributed by atoms with Crippen molar-refractivity contribution < 1.29 is 4.39 Å². The lowest BCUT2D eigenvalue weighted by molar-refractivity contribution is 0.628. The smallest absolute Gasteiger partial charge is 0.123 e. The van der Waals surface area contributed by atoms with Crippen molar-refractivity contribution >= 4 is 0 Å². The SMILES string of the molecule is CCCCCCCc1ccc2c(c1)Cc1cc(-c3ccc(F)cc3)ccc1-2. The standard InChI is InChI=1S/C26H27F/c1-2-3-4-5-6-7-19-8-14-25-22(16-19)18-23-17-21(11-15-26(23)25)20-9-12-24(27)13-10-20/h8-17H,2-7,18H2,1H3. The second-order valence-electron chi connectivity index (χ2n) is 7.71. The highest BCUT2D eigenvalue weighted by molar-refractivity contribution is 5.80. The Bertz CT molecular complexity index is 921. The maximum atomic E-state index is 13.2. The van der Waals surface area contributed by atoms with Crippen LogP contribution in [0.5, 0.6) is 0 Å². The van der Waals surface area contributed by atoms with Gasteiger partial charge >= 0.3 is 0 Å². The predicted octanol–water partition coefficient (Wildman–Crippen LogP) is 7.58. The number of hydrogen-bond acceptors (Lipinski definition) is 0. The van der Waals surface area contributed by atoms with Gasteiger partial charge in [-0.1, -0.05) is 81.1 Å². The highest BCUT2D eigenvalue weighted by atomic mass is 19.1. The number of halogens is 1. The van der Waals surface area contributed by atoms with E-state index in [2.05, 4.69) is 43.3 Å². The van der Waals surface area contributed by atoms with Crippen LogP contribution in [0, 0.1) is 5.82 Å². The van der Waals surface area contributed by atoms with Crippen LogP contribution in [0.4, 0.5) is 4.39 Å². The Labute approximate surface area is 162 Å². The molecule has 0 aliphatic heterocycles. The van der Waals surface area contributed by atoms with Crippen LogP contribution in [-0.4, -0.2) is 0 Å². The number of benzene rings is 3. The van der Waals surface area contributed by atoms with Crippen molar-refractivity contribution in [3.8, 4) is 22.3 Å². The number of hydrogen-bond donors (Lipinski definition) is 0. The van der Waals surface area contributed by atoms with Crippen LogP contribution in [0.1, 0.15) is 55.7 Å². The summed E-state index contributed by atoms with van der Waals surface area (Å²) in [5.74, 6) is -0.186. The first-order valence-corrected chi connectivity index (χ1v) is 10.3. The zero-order chi connectivity index (χ0) is 18.6. The molecular weight excluding hydrogens is 331 g/mol. The summed E-state index contributed by atoms with van der Waals surface area (Å²) in [6.45, 7) is 2.26. The van der Waals surface area contributed by atoms with Crippen LogP contribution in [-0.2, 0) is 12.8 Å². The van der Waals surface area contributed by atoms with Gasteiger partial charge in [-0.15, -0.1) is 0 Å². The summed E-state index contributed by atoms with van der Waals surface area (Å²) < 4.78 is 13.2. The van der Waals surface area contributed by atoms with Crippen molar-refractivity contribution in [1.82, 2.24) is 0 Å². The Morgan fingerprint density at radius 2 is 1.37 bits per heavy atom. The fourth-order valence-electron chi connectivity index (χ4n) is 4.17. The van der Waals surface area contributed by atoms with E-state index in [4.69, 9.17) is 0 Å². The molecule has 0 spiro atoms. The normalized spacial score (nSPS) is 12.1. The van der Waals surface area contributed by atoms with Gasteiger partial charge in [-0.2, -0.15) is 0 Å². The second-order valence-corrected chi connectivity index (χ2v) is 7.71. The fourth-order valence-corrected chi connectivity index (χ4v) is 4.17. The monoisotopic (exact) mass is 358 g/mol. The minimum absolute atomic E-state index is 0.186. The molecule has 1 heteroatoms. The molecule has 1 aliphatic rings. The summed E-state index contributed by atoms with van der Waals surface area (Å²) in [6, 6.07) is 20.5. The van der Waals surface area contributed by atoms with Crippen molar-refractivity contribution in [3.05, 3.63) is 83.2 Å². The van der Waals surface area contributed by atoms with Crippen LogP contribution < -0.4 is 0 Å². The van der Waals surface area contributed by atoms with Gasteiger partial charge in [0.05, 0.1) is 0 Å². The maximum absolute atomic E-state index is 13.2. The van der Waals surface area contributed by atoms with Crippen molar-refractivity contribution in [2.75, 3.05) is 0 Å². The Hall–Kier alpha value is -2.41. The van der Waals surface area contributed by atoms with E-state index in [9.17, 15) is 4.39 Å². The second kappa shape index (κ2) is 8.08. The van der Waals surface area contributed by atoms with E-state index < -0.39 is 0 Å². The topological polar surface area (TPSA) is 0 Å². The molecule has 0 atom stereocenters. The molecule has 0 saturated heterocycles. The third kappa shape index (κ3) is 3.98. The number of rotatable bonds is 7. The summed E-state index contributed by atoms with van der Waals surface area (Å²) in [5, 5.41) is 0. The van der Waals surface area contributed by atoms with Gasteiger partial charge in [0.1, 0.15) is 5.82 Å². The lowest BCUT2D eigenvalue weighted by Gasteiger charge is -2.07. The highest BCUT2D eigenvalue weighted by Gasteiger charge is 2.19. The van der Waals surface area contributed by atoms with Crippen molar-refractivity contribution in [2.45, 2.75) is 51.9 Å². The van der Waals surface area contributed by atoms with Crippen molar-refractivity contribution in [3.63, 3.8) is 0 Å². The van der Waals surface area contributed by atoms with Crippen LogP contribution >= 0.6 is 0 Å². The molecule has 0 unspecified atom stereocenters. The Balaban J connectivity index is 1.49. The Morgan fingerprint density at radius 1 is 0.704 bits per heavy atom. The molecule has 3 aromatic carbocycles. The van der Waals surface area contributed by atoms with Crippen molar-refractivity contribution in [1.29, 1.82) is 0 Å². The van der Waals surface area contributed by atoms with Crippen molar-refractivity contribution in [2.24, 2.45) is 0 Å². The molecule has 1 aliphatic carbocycles. The molecule has 27 heavy (non-hydrogen) atoms. The van der Waals surface area contributed by atoms with Gasteiger partial charge in [-0.05, 0) is 70.3 Å². The van der Waals surface area contributed by atoms with Gasteiger partial charge in [-0.25, -0.2) is 4.39 Å². The molecule has 0 amide bonds. The van der Waals surface area contributed by atoms with Crippen LogP contribution in [0.3, 0.4) is 0 Å². The van der Waals surface area contributed by atoms with E-state index in [1.165, 1.54) is 78.5 Å². The molecule has 0 radical (unpaired) electrons. The molecule has 0 fully saturated rings. The van der Waals surface area contributed by atoms with Crippen LogP contribution in [0.25, 0.3) is 22.3 Å². The van der Waals surface area contributed by atoms with Gasteiger partial charge in [0, 0.05) is 0 Å². The molecule has 0 bridgehead atoms. The fraction of sp³-hybridized carbons (Fsp3) is 0.308. The van der Waals surface area contributed by atoms with E-state index in [0.717, 1.165) is 17.5 Å². The first-order chi connectivity index (χ1) is 13.2. The average Bonchev–Trinajstić information content (AvgIpc) is 3.05. The lowest BCUT2D eigenvalue weighted by Crippen LogP contribution is -1.89. The number of aryl methyl sites for hydroxylation is 1.